The Morgan fingerprint density at radius 3 is 2.86 bits per heavy atom. The topological polar surface area (TPSA) is 63.8 Å². The molecule has 5 nitrogen and oxygen atoms in total. The molecule has 0 bridgehead atoms. The van der Waals surface area contributed by atoms with Gasteiger partial charge in [-0.05, 0) is 40.2 Å². The van der Waals surface area contributed by atoms with E-state index in [-0.39, 0.29) is 5.69 Å². The molecule has 0 fully saturated rings. The summed E-state index contributed by atoms with van der Waals surface area (Å²) in [5, 5.41) is 9.30. The minimum Gasteiger partial charge on any atom is -0.497 e. The molecule has 3 aromatic rings. The first-order valence-electron chi connectivity index (χ1n) is 6.15. The number of aromatic nitrogens is 2. The van der Waals surface area contributed by atoms with Gasteiger partial charge in [0.2, 0.25) is 0 Å². The van der Waals surface area contributed by atoms with Gasteiger partial charge in [-0.25, -0.2) is 9.78 Å². The van der Waals surface area contributed by atoms with Crippen LogP contribution in [0.1, 0.15) is 10.5 Å². The SMILES string of the molecule is COc1cccc(-c2nc(C(=O)O)c3ccc(Br)cn23)c1. The van der Waals surface area contributed by atoms with E-state index >= 15 is 0 Å². The van der Waals surface area contributed by atoms with Gasteiger partial charge >= 0.3 is 5.97 Å². The second-order valence-corrected chi connectivity index (χ2v) is 5.34. The number of pyridine rings is 1. The minimum atomic E-state index is -1.05. The molecule has 2 aromatic heterocycles. The van der Waals surface area contributed by atoms with Crippen LogP contribution in [0.2, 0.25) is 0 Å². The lowest BCUT2D eigenvalue weighted by Crippen LogP contribution is -1.97. The molecular weight excluding hydrogens is 336 g/mol. The molecule has 0 spiro atoms. The number of hydrogen-bond donors (Lipinski definition) is 1. The minimum absolute atomic E-state index is 0.0281. The van der Waals surface area contributed by atoms with Crippen molar-refractivity contribution in [3.8, 4) is 17.1 Å². The first-order valence-corrected chi connectivity index (χ1v) is 6.95. The third-order valence-corrected chi connectivity index (χ3v) is 3.60. The Morgan fingerprint density at radius 1 is 1.33 bits per heavy atom. The molecule has 1 aromatic carbocycles. The highest BCUT2D eigenvalue weighted by Crippen LogP contribution is 2.27. The zero-order chi connectivity index (χ0) is 15.0. The summed E-state index contributed by atoms with van der Waals surface area (Å²) in [4.78, 5) is 15.6. The average Bonchev–Trinajstić information content (AvgIpc) is 2.86. The quantitative estimate of drug-likeness (QED) is 0.788. The van der Waals surface area contributed by atoms with Gasteiger partial charge in [-0.2, -0.15) is 0 Å². The van der Waals surface area contributed by atoms with E-state index in [4.69, 9.17) is 4.74 Å². The van der Waals surface area contributed by atoms with Crippen LogP contribution in [0.25, 0.3) is 16.9 Å². The molecule has 0 atom stereocenters. The Hall–Kier alpha value is -2.34. The molecule has 0 aliphatic carbocycles. The van der Waals surface area contributed by atoms with Crippen molar-refractivity contribution in [2.75, 3.05) is 7.11 Å². The summed E-state index contributed by atoms with van der Waals surface area (Å²) in [6.07, 6.45) is 1.80. The van der Waals surface area contributed by atoms with E-state index in [0.717, 1.165) is 10.0 Å². The number of ether oxygens (including phenoxy) is 1. The number of benzene rings is 1. The Balaban J connectivity index is 2.31. The molecule has 0 aliphatic heterocycles. The lowest BCUT2D eigenvalue weighted by Gasteiger charge is -2.04. The second-order valence-electron chi connectivity index (χ2n) is 4.42. The zero-order valence-electron chi connectivity index (χ0n) is 11.1. The first kappa shape index (κ1) is 13.6. The van der Waals surface area contributed by atoms with Crippen LogP contribution in [0.5, 0.6) is 5.75 Å². The summed E-state index contributed by atoms with van der Waals surface area (Å²) in [5.41, 5.74) is 1.36. The van der Waals surface area contributed by atoms with E-state index < -0.39 is 5.97 Å². The summed E-state index contributed by atoms with van der Waals surface area (Å²) in [7, 11) is 1.59. The fourth-order valence-electron chi connectivity index (χ4n) is 2.18. The molecule has 106 valence electrons. The van der Waals surface area contributed by atoms with Crippen LogP contribution < -0.4 is 4.74 Å². The number of imidazole rings is 1. The molecule has 3 rings (SSSR count). The zero-order valence-corrected chi connectivity index (χ0v) is 12.7. The average molecular weight is 347 g/mol. The van der Waals surface area contributed by atoms with Crippen molar-refractivity contribution < 1.29 is 14.6 Å². The number of carboxylic acid groups (broad SMARTS) is 1. The summed E-state index contributed by atoms with van der Waals surface area (Å²) in [6, 6.07) is 10.9. The molecule has 0 radical (unpaired) electrons. The van der Waals surface area contributed by atoms with Crippen molar-refractivity contribution >= 4 is 27.4 Å². The molecule has 6 heteroatoms. The Kier molecular flexibility index (Phi) is 3.39. The van der Waals surface area contributed by atoms with Crippen molar-refractivity contribution in [1.82, 2.24) is 9.38 Å². The molecular formula is C15H11BrN2O3. The van der Waals surface area contributed by atoms with Gasteiger partial charge in [0.15, 0.2) is 5.69 Å². The van der Waals surface area contributed by atoms with Gasteiger partial charge in [0.1, 0.15) is 11.6 Å². The first-order chi connectivity index (χ1) is 10.1. The maximum absolute atomic E-state index is 11.4. The van der Waals surface area contributed by atoms with Gasteiger partial charge in [-0.1, -0.05) is 12.1 Å². The molecule has 0 aliphatic rings. The molecule has 2 heterocycles. The Labute approximate surface area is 128 Å². The largest absolute Gasteiger partial charge is 0.497 e. The molecule has 1 N–H and O–H groups in total. The standard InChI is InChI=1S/C15H11BrN2O3/c1-21-11-4-2-3-9(7-11)14-17-13(15(19)20)12-6-5-10(16)8-18(12)14/h2-8H,1H3,(H,19,20). The van der Waals surface area contributed by atoms with E-state index in [0.29, 0.717) is 17.1 Å². The monoisotopic (exact) mass is 346 g/mol. The van der Waals surface area contributed by atoms with Gasteiger partial charge in [-0.3, -0.25) is 4.40 Å². The maximum atomic E-state index is 11.4. The predicted octanol–water partition coefficient (Wildman–Crippen LogP) is 3.47. The van der Waals surface area contributed by atoms with Crippen LogP contribution in [0.15, 0.2) is 47.1 Å². The van der Waals surface area contributed by atoms with Crippen LogP contribution in [0, 0.1) is 0 Å². The number of carbonyl (C=O) groups is 1. The normalized spacial score (nSPS) is 10.8. The van der Waals surface area contributed by atoms with Crippen LogP contribution in [0.4, 0.5) is 0 Å². The third kappa shape index (κ3) is 2.38. The van der Waals surface area contributed by atoms with E-state index in [9.17, 15) is 9.90 Å². The van der Waals surface area contributed by atoms with Crippen LogP contribution in [0.3, 0.4) is 0 Å². The van der Waals surface area contributed by atoms with E-state index in [2.05, 4.69) is 20.9 Å². The molecule has 0 saturated carbocycles. The maximum Gasteiger partial charge on any atom is 0.356 e. The summed E-state index contributed by atoms with van der Waals surface area (Å²) in [6.45, 7) is 0. The smallest absolute Gasteiger partial charge is 0.356 e. The lowest BCUT2D eigenvalue weighted by molar-refractivity contribution is 0.0693. The van der Waals surface area contributed by atoms with E-state index in [1.54, 1.807) is 29.8 Å². The van der Waals surface area contributed by atoms with Crippen LogP contribution in [-0.4, -0.2) is 27.6 Å². The van der Waals surface area contributed by atoms with Gasteiger partial charge in [0.25, 0.3) is 0 Å². The number of fused-ring (bicyclic) bond motifs is 1. The molecule has 0 amide bonds. The lowest BCUT2D eigenvalue weighted by atomic mass is 10.2. The van der Waals surface area contributed by atoms with Crippen molar-refractivity contribution in [2.24, 2.45) is 0 Å². The number of aromatic carboxylic acids is 1. The van der Waals surface area contributed by atoms with Gasteiger partial charge in [-0.15, -0.1) is 0 Å². The van der Waals surface area contributed by atoms with Gasteiger partial charge in [0, 0.05) is 16.2 Å². The highest BCUT2D eigenvalue weighted by Gasteiger charge is 2.18. The van der Waals surface area contributed by atoms with E-state index in [1.807, 2.05) is 24.3 Å². The van der Waals surface area contributed by atoms with Crippen LogP contribution in [-0.2, 0) is 0 Å². The molecule has 21 heavy (non-hydrogen) atoms. The van der Waals surface area contributed by atoms with E-state index in [1.165, 1.54) is 0 Å². The fraction of sp³-hybridized carbons (Fsp3) is 0.0667. The highest BCUT2D eigenvalue weighted by molar-refractivity contribution is 9.10. The van der Waals surface area contributed by atoms with Crippen LogP contribution >= 0.6 is 15.9 Å². The highest BCUT2D eigenvalue weighted by atomic mass is 79.9. The summed E-state index contributed by atoms with van der Waals surface area (Å²) >= 11 is 3.39. The van der Waals surface area contributed by atoms with Crippen molar-refractivity contribution in [2.45, 2.75) is 0 Å². The Morgan fingerprint density at radius 2 is 2.14 bits per heavy atom. The number of rotatable bonds is 3. The summed E-state index contributed by atoms with van der Waals surface area (Å²) in [5.74, 6) is 0.197. The number of hydrogen-bond acceptors (Lipinski definition) is 3. The fourth-order valence-corrected chi connectivity index (χ4v) is 2.52. The van der Waals surface area contributed by atoms with Gasteiger partial charge in [0.05, 0.1) is 12.6 Å². The number of methoxy groups -OCH3 is 1. The molecule has 0 unspecified atom stereocenters. The van der Waals surface area contributed by atoms with Gasteiger partial charge < -0.3 is 9.84 Å². The number of nitrogens with zero attached hydrogens (tertiary/aromatic N) is 2. The van der Waals surface area contributed by atoms with Crippen molar-refractivity contribution in [1.29, 1.82) is 0 Å². The Bertz CT molecular complexity index is 842. The third-order valence-electron chi connectivity index (χ3n) is 3.13. The number of carboxylic acids is 1. The van der Waals surface area contributed by atoms with Crippen molar-refractivity contribution in [3.05, 3.63) is 52.8 Å². The second kappa shape index (κ2) is 5.21. The summed E-state index contributed by atoms with van der Waals surface area (Å²) < 4.78 is 7.80. The predicted molar refractivity (Wildman–Crippen MR) is 81.8 cm³/mol. The number of halogens is 1. The molecule has 0 saturated heterocycles. The van der Waals surface area contributed by atoms with Crippen molar-refractivity contribution in [3.63, 3.8) is 0 Å².